The first kappa shape index (κ1) is 17.0. The SMILES string of the molecule is CCn1cc(S(=O)(=O)N2CCC(CCOc3ccccc3)C2)cn1. The Morgan fingerprint density at radius 2 is 2.08 bits per heavy atom. The molecule has 6 nitrogen and oxygen atoms in total. The fourth-order valence-corrected chi connectivity index (χ4v) is 4.40. The average molecular weight is 349 g/mol. The number of ether oxygens (including phenoxy) is 1. The van der Waals surface area contributed by atoms with Crippen molar-refractivity contribution < 1.29 is 13.2 Å². The molecule has 0 saturated carbocycles. The second-order valence-corrected chi connectivity index (χ2v) is 7.94. The molecule has 1 aliphatic heterocycles. The topological polar surface area (TPSA) is 64.4 Å². The second kappa shape index (κ2) is 7.36. The molecule has 1 saturated heterocycles. The number of nitrogens with zero attached hydrogens (tertiary/aromatic N) is 3. The summed E-state index contributed by atoms with van der Waals surface area (Å²) in [7, 11) is -3.43. The van der Waals surface area contributed by atoms with Crippen LogP contribution in [0.2, 0.25) is 0 Å². The molecule has 1 atom stereocenters. The van der Waals surface area contributed by atoms with Crippen LogP contribution < -0.4 is 4.74 Å². The summed E-state index contributed by atoms with van der Waals surface area (Å²) >= 11 is 0. The summed E-state index contributed by atoms with van der Waals surface area (Å²) in [5.74, 6) is 1.19. The molecule has 130 valence electrons. The maximum Gasteiger partial charge on any atom is 0.246 e. The summed E-state index contributed by atoms with van der Waals surface area (Å²) in [4.78, 5) is 0.283. The third kappa shape index (κ3) is 3.79. The minimum absolute atomic E-state index is 0.283. The molecule has 7 heteroatoms. The van der Waals surface area contributed by atoms with Gasteiger partial charge < -0.3 is 4.74 Å². The van der Waals surface area contributed by atoms with Crippen molar-refractivity contribution in [2.75, 3.05) is 19.7 Å². The van der Waals surface area contributed by atoms with E-state index in [1.54, 1.807) is 15.2 Å². The molecule has 1 aliphatic rings. The fraction of sp³-hybridized carbons (Fsp3) is 0.471. The molecule has 2 aromatic rings. The van der Waals surface area contributed by atoms with Gasteiger partial charge in [0.05, 0.1) is 12.8 Å². The Hall–Kier alpha value is -1.86. The zero-order chi connectivity index (χ0) is 17.0. The quantitative estimate of drug-likeness (QED) is 0.770. The number of hydrogen-bond acceptors (Lipinski definition) is 4. The van der Waals surface area contributed by atoms with Crippen LogP contribution in [0.1, 0.15) is 19.8 Å². The molecule has 1 aromatic carbocycles. The molecular formula is C17H23N3O3S. The normalized spacial score (nSPS) is 18.8. The number of sulfonamides is 1. The number of para-hydroxylation sites is 1. The first-order chi connectivity index (χ1) is 11.6. The van der Waals surface area contributed by atoms with Crippen molar-refractivity contribution >= 4 is 10.0 Å². The first-order valence-corrected chi connectivity index (χ1v) is 9.74. The number of aryl methyl sites for hydroxylation is 1. The Bertz CT molecular complexity index is 758. The highest BCUT2D eigenvalue weighted by Crippen LogP contribution is 2.26. The van der Waals surface area contributed by atoms with E-state index in [-0.39, 0.29) is 4.90 Å². The molecule has 0 radical (unpaired) electrons. The Kier molecular flexibility index (Phi) is 5.20. The predicted octanol–water partition coefficient (Wildman–Crippen LogP) is 2.38. The third-order valence-electron chi connectivity index (χ3n) is 4.36. The van der Waals surface area contributed by atoms with Gasteiger partial charge in [-0.1, -0.05) is 18.2 Å². The van der Waals surface area contributed by atoms with E-state index < -0.39 is 10.0 Å². The Labute approximate surface area is 143 Å². The molecule has 0 amide bonds. The molecule has 3 rings (SSSR count). The summed E-state index contributed by atoms with van der Waals surface area (Å²) in [6.07, 6.45) is 4.76. The van der Waals surface area contributed by atoms with Crippen LogP contribution in [0.3, 0.4) is 0 Å². The van der Waals surface area contributed by atoms with Crippen LogP contribution in [0.4, 0.5) is 0 Å². The fourth-order valence-electron chi connectivity index (χ4n) is 2.91. The van der Waals surface area contributed by atoms with E-state index in [9.17, 15) is 8.42 Å². The minimum Gasteiger partial charge on any atom is -0.494 e. The van der Waals surface area contributed by atoms with Crippen LogP contribution in [0.25, 0.3) is 0 Å². The zero-order valence-corrected chi connectivity index (χ0v) is 14.7. The Balaban J connectivity index is 1.53. The van der Waals surface area contributed by atoms with Crippen LogP contribution >= 0.6 is 0 Å². The number of rotatable bonds is 7. The van der Waals surface area contributed by atoms with Crippen LogP contribution in [-0.2, 0) is 16.6 Å². The molecule has 0 bridgehead atoms. The third-order valence-corrected chi connectivity index (χ3v) is 6.18. The maximum atomic E-state index is 12.6. The molecule has 1 aromatic heterocycles. The number of hydrogen-bond donors (Lipinski definition) is 0. The van der Waals surface area contributed by atoms with Gasteiger partial charge in [-0.2, -0.15) is 9.40 Å². The van der Waals surface area contributed by atoms with Gasteiger partial charge in [-0.15, -0.1) is 0 Å². The Morgan fingerprint density at radius 3 is 2.79 bits per heavy atom. The van der Waals surface area contributed by atoms with Crippen molar-refractivity contribution in [3.05, 3.63) is 42.7 Å². The lowest BCUT2D eigenvalue weighted by Gasteiger charge is -2.15. The van der Waals surface area contributed by atoms with E-state index >= 15 is 0 Å². The Morgan fingerprint density at radius 1 is 1.29 bits per heavy atom. The molecule has 24 heavy (non-hydrogen) atoms. The van der Waals surface area contributed by atoms with Crippen molar-refractivity contribution in [1.82, 2.24) is 14.1 Å². The van der Waals surface area contributed by atoms with E-state index in [0.717, 1.165) is 18.6 Å². The summed E-state index contributed by atoms with van der Waals surface area (Å²) in [5.41, 5.74) is 0. The second-order valence-electron chi connectivity index (χ2n) is 6.00. The minimum atomic E-state index is -3.43. The maximum absolute atomic E-state index is 12.6. The van der Waals surface area contributed by atoms with E-state index in [1.807, 2.05) is 37.3 Å². The molecule has 2 heterocycles. The van der Waals surface area contributed by atoms with Crippen molar-refractivity contribution in [3.63, 3.8) is 0 Å². The van der Waals surface area contributed by atoms with Crippen molar-refractivity contribution in [2.24, 2.45) is 5.92 Å². The summed E-state index contributed by atoms with van der Waals surface area (Å²) in [5, 5.41) is 4.07. The van der Waals surface area contributed by atoms with Crippen molar-refractivity contribution in [3.8, 4) is 5.75 Å². The van der Waals surface area contributed by atoms with Crippen LogP contribution in [0, 0.1) is 5.92 Å². The number of benzene rings is 1. The lowest BCUT2D eigenvalue weighted by atomic mass is 10.1. The standard InChI is InChI=1S/C17H23N3O3S/c1-2-19-14-17(12-18-19)24(21,22)20-10-8-15(13-20)9-11-23-16-6-4-3-5-7-16/h3-7,12,14-15H,2,8-11,13H2,1H3. The molecular weight excluding hydrogens is 326 g/mol. The molecule has 1 fully saturated rings. The van der Waals surface area contributed by atoms with Gasteiger partial charge >= 0.3 is 0 Å². The van der Waals surface area contributed by atoms with Gasteiger partial charge in [0, 0.05) is 25.8 Å². The summed E-state index contributed by atoms with van der Waals surface area (Å²) in [6.45, 7) is 4.32. The lowest BCUT2D eigenvalue weighted by molar-refractivity contribution is 0.280. The molecule has 0 spiro atoms. The van der Waals surface area contributed by atoms with E-state index in [2.05, 4.69) is 5.10 Å². The van der Waals surface area contributed by atoms with E-state index in [0.29, 0.717) is 32.2 Å². The van der Waals surface area contributed by atoms with Crippen LogP contribution in [0.5, 0.6) is 5.75 Å². The molecule has 0 aliphatic carbocycles. The molecule has 1 unspecified atom stereocenters. The van der Waals surface area contributed by atoms with Gasteiger partial charge in [-0.05, 0) is 37.8 Å². The van der Waals surface area contributed by atoms with E-state index in [1.165, 1.54) is 6.20 Å². The van der Waals surface area contributed by atoms with Gasteiger partial charge in [-0.3, -0.25) is 4.68 Å². The van der Waals surface area contributed by atoms with Crippen molar-refractivity contribution in [2.45, 2.75) is 31.2 Å². The van der Waals surface area contributed by atoms with Gasteiger partial charge in [-0.25, -0.2) is 8.42 Å². The monoisotopic (exact) mass is 349 g/mol. The van der Waals surface area contributed by atoms with Gasteiger partial charge in [0.1, 0.15) is 10.6 Å². The highest BCUT2D eigenvalue weighted by atomic mass is 32.2. The first-order valence-electron chi connectivity index (χ1n) is 8.30. The van der Waals surface area contributed by atoms with Crippen LogP contribution in [-0.4, -0.2) is 42.2 Å². The van der Waals surface area contributed by atoms with E-state index in [4.69, 9.17) is 4.74 Å². The number of aromatic nitrogens is 2. The zero-order valence-electron chi connectivity index (χ0n) is 13.8. The summed E-state index contributed by atoms with van der Waals surface area (Å²) in [6, 6.07) is 9.69. The largest absolute Gasteiger partial charge is 0.494 e. The highest BCUT2D eigenvalue weighted by Gasteiger charge is 2.33. The molecule has 0 N–H and O–H groups in total. The van der Waals surface area contributed by atoms with Crippen molar-refractivity contribution in [1.29, 1.82) is 0 Å². The summed E-state index contributed by atoms with van der Waals surface area (Å²) < 4.78 is 34.2. The smallest absolute Gasteiger partial charge is 0.246 e. The van der Waals surface area contributed by atoms with Gasteiger partial charge in [0.25, 0.3) is 0 Å². The van der Waals surface area contributed by atoms with Gasteiger partial charge in [0.15, 0.2) is 0 Å². The lowest BCUT2D eigenvalue weighted by Crippen LogP contribution is -2.28. The predicted molar refractivity (Wildman–Crippen MR) is 91.3 cm³/mol. The van der Waals surface area contributed by atoms with Crippen LogP contribution in [0.15, 0.2) is 47.6 Å². The highest BCUT2D eigenvalue weighted by molar-refractivity contribution is 7.89. The average Bonchev–Trinajstić information content (AvgIpc) is 3.26. The van der Waals surface area contributed by atoms with Gasteiger partial charge in [0.2, 0.25) is 10.0 Å².